The topological polar surface area (TPSA) is 132 Å². The second kappa shape index (κ2) is 21.9. The standard InChI is InChI=1S/C74H45N9/c75-46-50-21-25-54(26-22-50)69-45-70(80-74(79-69)56-27-23-51(47-76)24-28-56)57-41-58(48-77)73(59(42-57)49-78)55-31-29-52(30-32-55)53-33-35-64(36-34-53)83-71-39-37-65(81(60-13-5-1-6-14-60)61-15-7-2-8-16-61)43-67(71)68-44-66(38-40-72(68)83)82(62-17-9-3-10-18-62)63-19-11-4-12-20-63/h1-45H. The lowest BCUT2D eigenvalue weighted by molar-refractivity contribution is 1.18. The number of rotatable bonds is 12. The average Bonchev–Trinajstić information content (AvgIpc) is 2.53. The highest BCUT2D eigenvalue weighted by Crippen LogP contribution is 2.43. The molecule has 0 atom stereocenters. The summed E-state index contributed by atoms with van der Waals surface area (Å²) in [4.78, 5) is 14.4. The number of anilines is 6. The summed E-state index contributed by atoms with van der Waals surface area (Å²) in [6.07, 6.45) is 0. The van der Waals surface area contributed by atoms with Crippen molar-refractivity contribution < 1.29 is 0 Å². The number of benzene rings is 11. The third kappa shape index (κ3) is 9.73. The minimum Gasteiger partial charge on any atom is -0.310 e. The van der Waals surface area contributed by atoms with Gasteiger partial charge in [-0.3, -0.25) is 0 Å². The second-order valence-electron chi connectivity index (χ2n) is 19.9. The van der Waals surface area contributed by atoms with Crippen molar-refractivity contribution in [1.82, 2.24) is 14.5 Å². The van der Waals surface area contributed by atoms with E-state index in [1.54, 1.807) is 48.5 Å². The van der Waals surface area contributed by atoms with Crippen molar-refractivity contribution in [2.24, 2.45) is 0 Å². The molecule has 13 rings (SSSR count). The zero-order valence-electron chi connectivity index (χ0n) is 44.5. The predicted molar refractivity (Wildman–Crippen MR) is 332 cm³/mol. The summed E-state index contributed by atoms with van der Waals surface area (Å²) in [6, 6.07) is 100. The van der Waals surface area contributed by atoms with Gasteiger partial charge in [-0.2, -0.15) is 21.0 Å². The third-order valence-corrected chi connectivity index (χ3v) is 14.9. The Hall–Kier alpha value is -12.1. The van der Waals surface area contributed by atoms with Crippen LogP contribution in [0.5, 0.6) is 0 Å². The first-order chi connectivity index (χ1) is 40.9. The van der Waals surface area contributed by atoms with Gasteiger partial charge in [-0.15, -0.1) is 0 Å². The molecule has 13 aromatic rings. The number of nitriles is 4. The van der Waals surface area contributed by atoms with Crippen molar-refractivity contribution in [3.63, 3.8) is 0 Å². The summed E-state index contributed by atoms with van der Waals surface area (Å²) in [7, 11) is 0. The van der Waals surface area contributed by atoms with Gasteiger partial charge < -0.3 is 14.4 Å². The number of nitrogens with zero attached hydrogens (tertiary/aromatic N) is 9. The molecule has 0 bridgehead atoms. The summed E-state index contributed by atoms with van der Waals surface area (Å²) in [6.45, 7) is 0. The fourth-order valence-corrected chi connectivity index (χ4v) is 10.9. The van der Waals surface area contributed by atoms with Crippen LogP contribution in [0.15, 0.2) is 273 Å². The van der Waals surface area contributed by atoms with Gasteiger partial charge in [-0.1, -0.05) is 121 Å². The number of hydrogen-bond donors (Lipinski definition) is 0. The molecule has 9 heteroatoms. The summed E-state index contributed by atoms with van der Waals surface area (Å²) < 4.78 is 2.34. The van der Waals surface area contributed by atoms with Gasteiger partial charge in [0.25, 0.3) is 0 Å². The molecule has 0 aliphatic rings. The highest BCUT2D eigenvalue weighted by Gasteiger charge is 2.22. The number of hydrogen-bond acceptors (Lipinski definition) is 8. The molecular formula is C74H45N9. The van der Waals surface area contributed by atoms with Gasteiger partial charge >= 0.3 is 0 Å². The van der Waals surface area contributed by atoms with E-state index in [-0.39, 0.29) is 0 Å². The van der Waals surface area contributed by atoms with Crippen LogP contribution in [0, 0.1) is 45.3 Å². The third-order valence-electron chi connectivity index (χ3n) is 14.9. The highest BCUT2D eigenvalue weighted by molar-refractivity contribution is 6.12. The van der Waals surface area contributed by atoms with Crippen LogP contribution in [0.1, 0.15) is 22.3 Å². The quantitative estimate of drug-likeness (QED) is 0.118. The molecule has 0 spiro atoms. The lowest BCUT2D eigenvalue weighted by Gasteiger charge is -2.26. The van der Waals surface area contributed by atoms with E-state index in [4.69, 9.17) is 9.97 Å². The predicted octanol–water partition coefficient (Wildman–Crippen LogP) is 18.3. The van der Waals surface area contributed by atoms with Gasteiger partial charge in [0.15, 0.2) is 5.82 Å². The van der Waals surface area contributed by atoms with E-state index >= 15 is 0 Å². The lowest BCUT2D eigenvalue weighted by atomic mass is 9.91. The van der Waals surface area contributed by atoms with Crippen molar-refractivity contribution in [1.29, 1.82) is 21.0 Å². The maximum atomic E-state index is 10.7. The molecule has 0 unspecified atom stereocenters. The summed E-state index contributed by atoms with van der Waals surface area (Å²) in [5.74, 6) is 0.401. The van der Waals surface area contributed by atoms with Crippen molar-refractivity contribution in [2.75, 3.05) is 9.80 Å². The van der Waals surface area contributed by atoms with Crippen molar-refractivity contribution >= 4 is 55.9 Å². The molecule has 0 saturated carbocycles. The fourth-order valence-electron chi connectivity index (χ4n) is 10.9. The Balaban J connectivity index is 0.868. The van der Waals surface area contributed by atoms with Crippen LogP contribution in [-0.2, 0) is 0 Å². The molecule has 2 aromatic heterocycles. The van der Waals surface area contributed by atoms with Crippen LogP contribution in [-0.4, -0.2) is 14.5 Å². The van der Waals surface area contributed by atoms with Gasteiger partial charge in [0, 0.05) is 72.8 Å². The molecule has 0 radical (unpaired) electrons. The highest BCUT2D eigenvalue weighted by atomic mass is 15.1. The Morgan fingerprint density at radius 3 is 1.08 bits per heavy atom. The van der Waals surface area contributed by atoms with Crippen molar-refractivity contribution in [3.8, 4) is 86.1 Å². The largest absolute Gasteiger partial charge is 0.310 e. The summed E-state index contributed by atoms with van der Waals surface area (Å²) >= 11 is 0. The van der Waals surface area contributed by atoms with E-state index in [0.717, 1.165) is 83.9 Å². The zero-order chi connectivity index (χ0) is 56.2. The molecule has 0 saturated heterocycles. The summed E-state index contributed by atoms with van der Waals surface area (Å²) in [5, 5.41) is 42.6. The van der Waals surface area contributed by atoms with Crippen molar-refractivity contribution in [3.05, 3.63) is 295 Å². The molecule has 9 nitrogen and oxygen atoms in total. The van der Waals surface area contributed by atoms with Gasteiger partial charge in [-0.05, 0) is 168 Å². The molecule has 0 fully saturated rings. The molecule has 0 N–H and O–H groups in total. The Bertz CT molecular complexity index is 4400. The minimum atomic E-state index is 0.320. The SMILES string of the molecule is N#Cc1ccc(-c2cc(-c3cc(C#N)c(-c4ccc(-c5ccc(-n6c7ccc(N(c8ccccc8)c8ccccc8)cc7c7cc(N(c8ccccc8)c8ccccc8)ccc76)cc5)cc4)c(C#N)c3)nc(-c3ccc(C#N)cc3)n2)cc1. The normalized spacial score (nSPS) is 10.8. The van der Waals surface area contributed by atoms with Gasteiger partial charge in [0.05, 0.1) is 69.0 Å². The molecule has 83 heavy (non-hydrogen) atoms. The minimum absolute atomic E-state index is 0.320. The number of para-hydroxylation sites is 4. The Kier molecular flexibility index (Phi) is 13.3. The van der Waals surface area contributed by atoms with Crippen LogP contribution >= 0.6 is 0 Å². The fraction of sp³-hybridized carbons (Fsp3) is 0. The second-order valence-corrected chi connectivity index (χ2v) is 19.9. The average molecular weight is 1060 g/mol. The van der Waals surface area contributed by atoms with Crippen LogP contribution in [0.2, 0.25) is 0 Å². The van der Waals surface area contributed by atoms with Crippen molar-refractivity contribution in [2.45, 2.75) is 0 Å². The summed E-state index contributed by atoms with van der Waals surface area (Å²) in [5.41, 5.74) is 17.4. The molecule has 2 heterocycles. The van der Waals surface area contributed by atoms with Crippen LogP contribution in [0.4, 0.5) is 34.1 Å². The lowest BCUT2D eigenvalue weighted by Crippen LogP contribution is -2.09. The number of aromatic nitrogens is 3. The van der Waals surface area contributed by atoms with E-state index in [1.807, 2.05) is 66.7 Å². The maximum absolute atomic E-state index is 10.7. The molecular weight excluding hydrogens is 1010 g/mol. The Morgan fingerprint density at radius 2 is 0.675 bits per heavy atom. The zero-order valence-corrected chi connectivity index (χ0v) is 44.5. The van der Waals surface area contributed by atoms with E-state index in [1.165, 1.54) is 0 Å². The Morgan fingerprint density at radius 1 is 0.301 bits per heavy atom. The smallest absolute Gasteiger partial charge is 0.160 e. The van der Waals surface area contributed by atoms with Gasteiger partial charge in [0.2, 0.25) is 0 Å². The van der Waals surface area contributed by atoms with Crippen LogP contribution in [0.3, 0.4) is 0 Å². The monoisotopic (exact) mass is 1060 g/mol. The van der Waals surface area contributed by atoms with Crippen LogP contribution in [0.25, 0.3) is 83.6 Å². The molecule has 0 amide bonds. The van der Waals surface area contributed by atoms with E-state index < -0.39 is 0 Å². The van der Waals surface area contributed by atoms with Crippen LogP contribution < -0.4 is 9.80 Å². The molecule has 11 aromatic carbocycles. The van der Waals surface area contributed by atoms with Gasteiger partial charge in [-0.25, -0.2) is 9.97 Å². The molecule has 0 aliphatic carbocycles. The first kappa shape index (κ1) is 50.4. The first-order valence-corrected chi connectivity index (χ1v) is 26.9. The van der Waals surface area contributed by atoms with E-state index in [9.17, 15) is 21.0 Å². The molecule has 0 aliphatic heterocycles. The van der Waals surface area contributed by atoms with E-state index in [2.05, 4.69) is 196 Å². The first-order valence-electron chi connectivity index (χ1n) is 26.9. The Labute approximate surface area is 480 Å². The number of fused-ring (bicyclic) bond motifs is 3. The molecule has 386 valence electrons. The van der Waals surface area contributed by atoms with E-state index in [0.29, 0.717) is 56.2 Å². The van der Waals surface area contributed by atoms with Gasteiger partial charge in [0.1, 0.15) is 0 Å². The maximum Gasteiger partial charge on any atom is 0.160 e.